The second-order valence-electron chi connectivity index (χ2n) is 3.37. The van der Waals surface area contributed by atoms with Crippen LogP contribution < -0.4 is 5.56 Å². The summed E-state index contributed by atoms with van der Waals surface area (Å²) in [6, 6.07) is 2.00. The number of sulfonamides is 1. The van der Waals surface area contributed by atoms with Crippen molar-refractivity contribution in [3.63, 3.8) is 0 Å². The zero-order chi connectivity index (χ0) is 13.8. The van der Waals surface area contributed by atoms with Crippen molar-refractivity contribution >= 4 is 10.0 Å². The predicted octanol–water partition coefficient (Wildman–Crippen LogP) is -0.377. The molecule has 0 unspecified atom stereocenters. The third-order valence-corrected chi connectivity index (χ3v) is 3.95. The first-order chi connectivity index (χ1) is 8.37. The van der Waals surface area contributed by atoms with E-state index < -0.39 is 41.7 Å². The molecule has 0 amide bonds. The van der Waals surface area contributed by atoms with Crippen molar-refractivity contribution in [3.8, 4) is 0 Å². The van der Waals surface area contributed by atoms with Crippen molar-refractivity contribution in [3.05, 3.63) is 28.7 Å². The van der Waals surface area contributed by atoms with Gasteiger partial charge >= 0.3 is 0 Å². The molecule has 0 saturated heterocycles. The fraction of sp³-hybridized carbons (Fsp3) is 0.444. The standard InChI is InChI=1S/C9H12F2N2O4S/c10-8(11)6-13(3-4-14)18(16,17)7-1-2-9(15)12-5-7/h1-2,5,8,14H,3-4,6H2,(H,12,15). The van der Waals surface area contributed by atoms with Crippen molar-refractivity contribution in [2.24, 2.45) is 0 Å². The number of aliphatic hydroxyl groups excluding tert-OH is 1. The molecule has 1 aromatic rings. The lowest BCUT2D eigenvalue weighted by atomic mass is 10.5. The highest BCUT2D eigenvalue weighted by Gasteiger charge is 2.26. The van der Waals surface area contributed by atoms with Crippen LogP contribution in [0.15, 0.2) is 28.0 Å². The van der Waals surface area contributed by atoms with Crippen LogP contribution in [0, 0.1) is 0 Å². The van der Waals surface area contributed by atoms with Gasteiger partial charge < -0.3 is 10.1 Å². The normalized spacial score (nSPS) is 12.3. The molecule has 2 N–H and O–H groups in total. The molecule has 9 heteroatoms. The van der Waals surface area contributed by atoms with Gasteiger partial charge in [-0.15, -0.1) is 0 Å². The molecule has 0 saturated carbocycles. The highest BCUT2D eigenvalue weighted by molar-refractivity contribution is 7.89. The molecular weight excluding hydrogens is 270 g/mol. The van der Waals surface area contributed by atoms with Crippen molar-refractivity contribution in [1.82, 2.24) is 9.29 Å². The Labute approximate surface area is 102 Å². The molecule has 0 spiro atoms. The zero-order valence-corrected chi connectivity index (χ0v) is 10.0. The Kier molecular flexibility index (Phi) is 4.93. The summed E-state index contributed by atoms with van der Waals surface area (Å²) in [5, 5.41) is 8.70. The molecule has 1 rings (SSSR count). The fourth-order valence-electron chi connectivity index (χ4n) is 1.28. The quantitative estimate of drug-likeness (QED) is 0.744. The molecule has 0 aliphatic rings. The monoisotopic (exact) mass is 282 g/mol. The van der Waals surface area contributed by atoms with Gasteiger partial charge in [0.2, 0.25) is 15.6 Å². The van der Waals surface area contributed by atoms with Crippen molar-refractivity contribution < 1.29 is 22.3 Å². The first-order valence-corrected chi connectivity index (χ1v) is 6.40. The van der Waals surface area contributed by atoms with Gasteiger partial charge in [0.15, 0.2) is 0 Å². The van der Waals surface area contributed by atoms with Crippen LogP contribution >= 0.6 is 0 Å². The second kappa shape index (κ2) is 6.03. The van der Waals surface area contributed by atoms with E-state index in [1.54, 1.807) is 0 Å². The summed E-state index contributed by atoms with van der Waals surface area (Å²) < 4.78 is 48.9. The number of rotatable bonds is 6. The lowest BCUT2D eigenvalue weighted by Gasteiger charge is -2.20. The number of aromatic amines is 1. The molecule has 102 valence electrons. The summed E-state index contributed by atoms with van der Waals surface area (Å²) in [6.07, 6.45) is -1.93. The number of pyridine rings is 1. The predicted molar refractivity (Wildman–Crippen MR) is 58.9 cm³/mol. The molecule has 18 heavy (non-hydrogen) atoms. The average molecular weight is 282 g/mol. The maximum atomic E-state index is 12.3. The third-order valence-electron chi connectivity index (χ3n) is 2.08. The van der Waals surface area contributed by atoms with E-state index in [-0.39, 0.29) is 4.90 Å². The van der Waals surface area contributed by atoms with Crippen LogP contribution in [0.1, 0.15) is 0 Å². The van der Waals surface area contributed by atoms with Crippen molar-refractivity contribution in [1.29, 1.82) is 0 Å². The molecule has 1 aromatic heterocycles. The van der Waals surface area contributed by atoms with Crippen molar-refractivity contribution in [2.75, 3.05) is 19.7 Å². The summed E-state index contributed by atoms with van der Waals surface area (Å²) >= 11 is 0. The Morgan fingerprint density at radius 1 is 1.39 bits per heavy atom. The van der Waals surface area contributed by atoms with Crippen LogP contribution in [0.5, 0.6) is 0 Å². The minimum Gasteiger partial charge on any atom is -0.395 e. The minimum absolute atomic E-state index is 0.309. The molecule has 6 nitrogen and oxygen atoms in total. The molecule has 0 radical (unpaired) electrons. The lowest BCUT2D eigenvalue weighted by molar-refractivity contribution is 0.113. The molecule has 1 heterocycles. The van der Waals surface area contributed by atoms with Crippen LogP contribution in [-0.4, -0.2) is 48.9 Å². The van der Waals surface area contributed by atoms with E-state index in [2.05, 4.69) is 4.98 Å². The number of hydrogen-bond acceptors (Lipinski definition) is 4. The molecular formula is C9H12F2N2O4S. The van der Waals surface area contributed by atoms with Crippen LogP contribution in [0.4, 0.5) is 8.78 Å². The maximum absolute atomic E-state index is 12.3. The summed E-state index contributed by atoms with van der Waals surface area (Å²) in [7, 11) is -4.15. The number of aromatic nitrogens is 1. The summed E-state index contributed by atoms with van der Waals surface area (Å²) in [5.74, 6) is 0. The third kappa shape index (κ3) is 3.59. The van der Waals surface area contributed by atoms with E-state index in [4.69, 9.17) is 5.11 Å². The van der Waals surface area contributed by atoms with Gasteiger partial charge in [0.05, 0.1) is 18.0 Å². The molecule has 0 aliphatic heterocycles. The van der Waals surface area contributed by atoms with Gasteiger partial charge in [0, 0.05) is 18.8 Å². The topological polar surface area (TPSA) is 90.5 Å². The first-order valence-electron chi connectivity index (χ1n) is 4.96. The SMILES string of the molecule is O=c1ccc(S(=O)(=O)N(CCO)CC(F)F)c[nH]1. The zero-order valence-electron chi connectivity index (χ0n) is 9.21. The van der Waals surface area contributed by atoms with Crippen molar-refractivity contribution in [2.45, 2.75) is 11.3 Å². The Morgan fingerprint density at radius 2 is 2.06 bits per heavy atom. The highest BCUT2D eigenvalue weighted by atomic mass is 32.2. The number of hydrogen-bond donors (Lipinski definition) is 2. The number of nitrogens with one attached hydrogen (secondary N) is 1. The van der Waals surface area contributed by atoms with Crippen LogP contribution in [-0.2, 0) is 10.0 Å². The Bertz CT molecular complexity index is 523. The van der Waals surface area contributed by atoms with E-state index >= 15 is 0 Å². The van der Waals surface area contributed by atoms with E-state index in [1.807, 2.05) is 0 Å². The van der Waals surface area contributed by atoms with E-state index in [1.165, 1.54) is 0 Å². The molecule has 0 atom stereocenters. The summed E-state index contributed by atoms with van der Waals surface area (Å²) in [6.45, 7) is -2.02. The Balaban J connectivity index is 3.08. The Morgan fingerprint density at radius 3 is 2.50 bits per heavy atom. The number of alkyl halides is 2. The number of halogens is 2. The average Bonchev–Trinajstić information content (AvgIpc) is 2.28. The van der Waals surface area contributed by atoms with Gasteiger partial charge in [-0.2, -0.15) is 4.31 Å². The first kappa shape index (κ1) is 14.7. The number of aliphatic hydroxyl groups is 1. The molecule has 0 aliphatic carbocycles. The fourth-order valence-corrected chi connectivity index (χ4v) is 2.66. The van der Waals surface area contributed by atoms with Gasteiger partial charge in [0.1, 0.15) is 0 Å². The second-order valence-corrected chi connectivity index (χ2v) is 5.30. The maximum Gasteiger partial charge on any atom is 0.252 e. The van der Waals surface area contributed by atoms with Gasteiger partial charge in [-0.05, 0) is 6.07 Å². The van der Waals surface area contributed by atoms with Gasteiger partial charge in [0.25, 0.3) is 6.43 Å². The smallest absolute Gasteiger partial charge is 0.252 e. The number of nitrogens with zero attached hydrogens (tertiary/aromatic N) is 1. The minimum atomic E-state index is -4.15. The van der Waals surface area contributed by atoms with Crippen LogP contribution in [0.2, 0.25) is 0 Å². The summed E-state index contributed by atoms with van der Waals surface area (Å²) in [5.41, 5.74) is -0.503. The van der Waals surface area contributed by atoms with Gasteiger partial charge in [-0.25, -0.2) is 17.2 Å². The van der Waals surface area contributed by atoms with Gasteiger partial charge in [-0.1, -0.05) is 0 Å². The van der Waals surface area contributed by atoms with Crippen LogP contribution in [0.3, 0.4) is 0 Å². The largest absolute Gasteiger partial charge is 0.395 e. The molecule has 0 aromatic carbocycles. The highest BCUT2D eigenvalue weighted by Crippen LogP contribution is 2.14. The summed E-state index contributed by atoms with van der Waals surface area (Å²) in [4.78, 5) is 12.6. The number of H-pyrrole nitrogens is 1. The Hall–Kier alpha value is -1.32. The van der Waals surface area contributed by atoms with Crippen LogP contribution in [0.25, 0.3) is 0 Å². The van der Waals surface area contributed by atoms with Gasteiger partial charge in [-0.3, -0.25) is 4.79 Å². The van der Waals surface area contributed by atoms with E-state index in [0.717, 1.165) is 18.3 Å². The molecule has 0 bridgehead atoms. The van der Waals surface area contributed by atoms with E-state index in [9.17, 15) is 22.0 Å². The lowest BCUT2D eigenvalue weighted by Crippen LogP contribution is -2.37. The van der Waals surface area contributed by atoms with E-state index in [0.29, 0.717) is 4.31 Å². The molecule has 0 fully saturated rings.